The third-order valence-electron chi connectivity index (χ3n) is 1.65. The highest BCUT2D eigenvalue weighted by atomic mass is 16.6. The van der Waals surface area contributed by atoms with Crippen LogP contribution in [-0.2, 0) is 0 Å². The van der Waals surface area contributed by atoms with Gasteiger partial charge in [0.25, 0.3) is 5.69 Å². The highest BCUT2D eigenvalue weighted by molar-refractivity contribution is 5.27. The zero-order chi connectivity index (χ0) is 9.97. The van der Waals surface area contributed by atoms with Gasteiger partial charge in [-0.3, -0.25) is 4.98 Å². The van der Waals surface area contributed by atoms with Crippen LogP contribution in [0.5, 0.6) is 11.7 Å². The second-order valence-electron chi connectivity index (χ2n) is 2.55. The number of pyridine rings is 1. The molecule has 0 fully saturated rings. The van der Waals surface area contributed by atoms with Crippen LogP contribution in [-0.4, -0.2) is 17.4 Å². The van der Waals surface area contributed by atoms with Gasteiger partial charge in [-0.15, -0.1) is 0 Å². The molecule has 6 heteroatoms. The van der Waals surface area contributed by atoms with Gasteiger partial charge in [0, 0.05) is 0 Å². The molecular weight excluding hydrogens is 186 g/mol. The summed E-state index contributed by atoms with van der Waals surface area (Å²) in [4.78, 5) is 3.91. The molecule has 2 aromatic heterocycles. The van der Waals surface area contributed by atoms with E-state index in [1.807, 2.05) is 0 Å². The van der Waals surface area contributed by atoms with Gasteiger partial charge >= 0.3 is 0 Å². The zero-order valence-electron chi connectivity index (χ0n) is 7.38. The number of hydrogen-bond acceptors (Lipinski definition) is 5. The Morgan fingerprint density at radius 3 is 3.00 bits per heavy atom. The van der Waals surface area contributed by atoms with Crippen LogP contribution in [0, 0.1) is 0 Å². The van der Waals surface area contributed by atoms with Crippen molar-refractivity contribution in [2.24, 2.45) is 0 Å². The highest BCUT2D eigenvalue weighted by Crippen LogP contribution is 2.10. The van der Waals surface area contributed by atoms with Crippen LogP contribution < -0.4 is 14.5 Å². The summed E-state index contributed by atoms with van der Waals surface area (Å²) in [5.74, 6) is 0.0817. The molecule has 0 amide bonds. The van der Waals surface area contributed by atoms with Crippen LogP contribution in [0.4, 0.5) is 0 Å². The fourth-order valence-corrected chi connectivity index (χ4v) is 0.997. The van der Waals surface area contributed by atoms with Crippen LogP contribution in [0.2, 0.25) is 0 Å². The molecule has 0 saturated heterocycles. The summed E-state index contributed by atoms with van der Waals surface area (Å²) in [6.45, 7) is 0. The molecule has 2 aromatic rings. The van der Waals surface area contributed by atoms with E-state index >= 15 is 0 Å². The Kier molecular flexibility index (Phi) is 2.02. The minimum Gasteiger partial charge on any atom is -0.539 e. The third kappa shape index (κ3) is 1.49. The zero-order valence-corrected chi connectivity index (χ0v) is 7.38. The molecular formula is C8H7N3O3. The predicted molar refractivity (Wildman–Crippen MR) is 41.8 cm³/mol. The normalized spacial score (nSPS) is 10.1. The van der Waals surface area contributed by atoms with Gasteiger partial charge in [-0.1, -0.05) is 0 Å². The monoisotopic (exact) mass is 193 g/mol. The fourth-order valence-electron chi connectivity index (χ4n) is 0.997. The molecule has 0 aliphatic heterocycles. The lowest BCUT2D eigenvalue weighted by Gasteiger charge is -1.95. The summed E-state index contributed by atoms with van der Waals surface area (Å²) in [5, 5.41) is 14.2. The van der Waals surface area contributed by atoms with Crippen molar-refractivity contribution in [1.82, 2.24) is 10.3 Å². The van der Waals surface area contributed by atoms with E-state index in [9.17, 15) is 5.11 Å². The quantitative estimate of drug-likeness (QED) is 0.597. The van der Waals surface area contributed by atoms with E-state index in [0.717, 1.165) is 0 Å². The molecule has 0 aliphatic carbocycles. The average Bonchev–Trinajstić information content (AvgIpc) is 2.65. The Morgan fingerprint density at radius 2 is 2.36 bits per heavy atom. The molecule has 6 nitrogen and oxygen atoms in total. The van der Waals surface area contributed by atoms with E-state index in [4.69, 9.17) is 4.74 Å². The van der Waals surface area contributed by atoms with E-state index in [1.165, 1.54) is 18.0 Å². The van der Waals surface area contributed by atoms with Gasteiger partial charge < -0.3 is 14.4 Å². The van der Waals surface area contributed by atoms with Crippen molar-refractivity contribution in [1.29, 1.82) is 0 Å². The molecule has 72 valence electrons. The van der Waals surface area contributed by atoms with Gasteiger partial charge in [0.05, 0.1) is 24.6 Å². The summed E-state index contributed by atoms with van der Waals surface area (Å²) in [6.07, 6.45) is 4.32. The van der Waals surface area contributed by atoms with Gasteiger partial charge in [-0.25, -0.2) is 0 Å². The predicted octanol–water partition coefficient (Wildman–Crippen LogP) is -0.572. The van der Waals surface area contributed by atoms with E-state index in [1.54, 1.807) is 18.5 Å². The van der Waals surface area contributed by atoms with Crippen molar-refractivity contribution in [3.63, 3.8) is 0 Å². The Morgan fingerprint density at radius 1 is 1.50 bits per heavy atom. The maximum absolute atomic E-state index is 10.7. The van der Waals surface area contributed by atoms with E-state index < -0.39 is 5.95 Å². The van der Waals surface area contributed by atoms with Gasteiger partial charge in [-0.2, -0.15) is 0 Å². The molecule has 0 N–H and O–H groups in total. The summed E-state index contributed by atoms with van der Waals surface area (Å²) >= 11 is 0. The molecule has 0 saturated carbocycles. The van der Waals surface area contributed by atoms with Crippen LogP contribution >= 0.6 is 0 Å². The minimum atomic E-state index is -0.507. The summed E-state index contributed by atoms with van der Waals surface area (Å²) in [5.41, 5.74) is 0.607. The molecule has 0 aliphatic rings. The van der Waals surface area contributed by atoms with Crippen molar-refractivity contribution in [3.05, 3.63) is 24.7 Å². The molecule has 0 bridgehead atoms. The molecule has 2 heterocycles. The number of rotatable bonds is 2. The largest absolute Gasteiger partial charge is 0.539 e. The molecule has 2 rings (SSSR count). The van der Waals surface area contributed by atoms with Crippen molar-refractivity contribution < 1.29 is 19.0 Å². The molecule has 0 spiro atoms. The number of hydrogen-bond donors (Lipinski definition) is 0. The number of ether oxygens (including phenoxy) is 1. The lowest BCUT2D eigenvalue weighted by molar-refractivity contribution is -0.670. The summed E-state index contributed by atoms with van der Waals surface area (Å²) < 4.78 is 10.6. The summed E-state index contributed by atoms with van der Waals surface area (Å²) in [7, 11) is 1.54. The number of nitrogens with zero attached hydrogens (tertiary/aromatic N) is 3. The van der Waals surface area contributed by atoms with E-state index in [0.29, 0.717) is 11.4 Å². The SMILES string of the molecule is COc1cncc(-[n+]2cc([O-])on2)c1. The van der Waals surface area contributed by atoms with Gasteiger partial charge in [0.2, 0.25) is 6.20 Å². The summed E-state index contributed by atoms with van der Waals surface area (Å²) in [6, 6.07) is 1.69. The second-order valence-corrected chi connectivity index (χ2v) is 2.55. The van der Waals surface area contributed by atoms with Crippen LogP contribution in [0.25, 0.3) is 5.69 Å². The number of methoxy groups -OCH3 is 1. The van der Waals surface area contributed by atoms with Gasteiger partial charge in [0.15, 0.2) is 0 Å². The molecule has 0 aromatic carbocycles. The lowest BCUT2D eigenvalue weighted by atomic mass is 10.4. The van der Waals surface area contributed by atoms with Crippen LogP contribution in [0.1, 0.15) is 0 Å². The second kappa shape index (κ2) is 3.33. The first-order valence-electron chi connectivity index (χ1n) is 3.84. The van der Waals surface area contributed by atoms with Crippen molar-refractivity contribution in [2.45, 2.75) is 0 Å². The highest BCUT2D eigenvalue weighted by Gasteiger charge is 2.10. The molecule has 0 radical (unpaired) electrons. The van der Waals surface area contributed by atoms with E-state index in [2.05, 4.69) is 14.8 Å². The maximum Gasteiger partial charge on any atom is 0.261 e. The standard InChI is InChI=1S/C8H7N3O3/c1-13-7-2-6(3-9-4-7)11-5-8(12)14-10-11/h2-5H,1H3. The van der Waals surface area contributed by atoms with Crippen molar-refractivity contribution in [2.75, 3.05) is 7.11 Å². The first-order chi connectivity index (χ1) is 6.79. The Balaban J connectivity index is 2.41. The van der Waals surface area contributed by atoms with E-state index in [-0.39, 0.29) is 0 Å². The molecule has 14 heavy (non-hydrogen) atoms. The van der Waals surface area contributed by atoms with Gasteiger partial charge in [-0.05, 0) is 4.68 Å². The Labute approximate surface area is 79.3 Å². The topological polar surface area (TPSA) is 75.1 Å². The smallest absolute Gasteiger partial charge is 0.261 e. The number of aromatic nitrogens is 3. The van der Waals surface area contributed by atoms with Crippen LogP contribution in [0.15, 0.2) is 29.2 Å². The van der Waals surface area contributed by atoms with Crippen molar-refractivity contribution in [3.8, 4) is 17.4 Å². The fraction of sp³-hybridized carbons (Fsp3) is 0.125. The minimum absolute atomic E-state index is 0.507. The Hall–Kier alpha value is -2.11. The molecule has 0 unspecified atom stereocenters. The third-order valence-corrected chi connectivity index (χ3v) is 1.65. The first-order valence-corrected chi connectivity index (χ1v) is 3.84. The Bertz CT molecular complexity index is 441. The first kappa shape index (κ1) is 8.49. The maximum atomic E-state index is 10.7. The van der Waals surface area contributed by atoms with Crippen LogP contribution in [0.3, 0.4) is 0 Å². The lowest BCUT2D eigenvalue weighted by Crippen LogP contribution is -2.31. The molecule has 0 atom stereocenters. The van der Waals surface area contributed by atoms with Gasteiger partial charge in [0.1, 0.15) is 17.9 Å². The van der Waals surface area contributed by atoms with Crippen molar-refractivity contribution >= 4 is 0 Å². The average molecular weight is 193 g/mol.